The van der Waals surface area contributed by atoms with Crippen LogP contribution in [0.5, 0.6) is 0 Å². The largest absolute Gasteiger partial charge is 0.192 e. The second-order valence-electron chi connectivity index (χ2n) is 3.77. The van der Waals surface area contributed by atoms with Crippen molar-refractivity contribution in [3.63, 3.8) is 0 Å². The normalized spacial score (nSPS) is 13.1. The predicted octanol–water partition coefficient (Wildman–Crippen LogP) is 3.29. The van der Waals surface area contributed by atoms with Crippen LogP contribution < -0.4 is 0 Å². The summed E-state index contributed by atoms with van der Waals surface area (Å²) in [5.74, 6) is 0. The van der Waals surface area contributed by atoms with Gasteiger partial charge in [0.2, 0.25) is 0 Å². The first-order chi connectivity index (χ1) is 7.70. The molecular formula is C14H10N2. The maximum atomic E-state index is 8.96. The van der Waals surface area contributed by atoms with Crippen LogP contribution >= 0.6 is 0 Å². The SMILES string of the molecule is CC1=C(C)c2ccccc2C1=C(C#N)C#N. The first-order valence-electron chi connectivity index (χ1n) is 5.02. The number of allylic oxidation sites excluding steroid dienone is 4. The van der Waals surface area contributed by atoms with Crippen LogP contribution in [0.2, 0.25) is 0 Å². The molecule has 1 aliphatic rings. The fourth-order valence-electron chi connectivity index (χ4n) is 2.08. The van der Waals surface area contributed by atoms with Crippen molar-refractivity contribution in [3.8, 4) is 12.1 Å². The molecule has 2 heteroatoms. The zero-order valence-corrected chi connectivity index (χ0v) is 9.20. The van der Waals surface area contributed by atoms with E-state index in [2.05, 4.69) is 0 Å². The molecule has 0 bridgehead atoms. The first kappa shape index (κ1) is 10.2. The van der Waals surface area contributed by atoms with Crippen LogP contribution in [0.4, 0.5) is 0 Å². The van der Waals surface area contributed by atoms with Gasteiger partial charge in [0, 0.05) is 5.57 Å². The molecule has 0 saturated heterocycles. The number of hydrogen-bond acceptors (Lipinski definition) is 2. The molecule has 0 atom stereocenters. The Bertz CT molecular complexity index is 588. The molecule has 0 spiro atoms. The lowest BCUT2D eigenvalue weighted by Crippen LogP contribution is -1.87. The predicted molar refractivity (Wildman–Crippen MR) is 62.9 cm³/mol. The minimum absolute atomic E-state index is 0.196. The van der Waals surface area contributed by atoms with Crippen molar-refractivity contribution >= 4 is 11.1 Å². The fraction of sp³-hybridized carbons (Fsp3) is 0.143. The van der Waals surface area contributed by atoms with Crippen molar-refractivity contribution < 1.29 is 0 Å². The topological polar surface area (TPSA) is 47.6 Å². The molecule has 0 aliphatic heterocycles. The van der Waals surface area contributed by atoms with E-state index in [1.54, 1.807) is 0 Å². The molecule has 0 N–H and O–H groups in total. The summed E-state index contributed by atoms with van der Waals surface area (Å²) in [7, 11) is 0. The van der Waals surface area contributed by atoms with Crippen molar-refractivity contribution in [1.82, 2.24) is 0 Å². The fourth-order valence-corrected chi connectivity index (χ4v) is 2.08. The maximum Gasteiger partial charge on any atom is 0.137 e. The standard InChI is InChI=1S/C14H10N2/c1-9-10(2)14(11(7-15)8-16)13-6-4-3-5-12(9)13/h3-6H,1-2H3. The number of nitrogens with zero attached hydrogens (tertiary/aromatic N) is 2. The molecule has 0 heterocycles. The van der Waals surface area contributed by atoms with Crippen LogP contribution in [0, 0.1) is 22.7 Å². The molecule has 2 rings (SSSR count). The van der Waals surface area contributed by atoms with E-state index >= 15 is 0 Å². The monoisotopic (exact) mass is 206 g/mol. The average Bonchev–Trinajstić information content (AvgIpc) is 2.57. The molecule has 1 aliphatic carbocycles. The molecule has 1 aromatic carbocycles. The summed E-state index contributed by atoms with van der Waals surface area (Å²) >= 11 is 0. The Hall–Kier alpha value is -2.32. The van der Waals surface area contributed by atoms with Gasteiger partial charge in [0.25, 0.3) is 0 Å². The molecule has 2 nitrogen and oxygen atoms in total. The summed E-state index contributed by atoms with van der Waals surface area (Å²) in [4.78, 5) is 0. The molecule has 76 valence electrons. The lowest BCUT2D eigenvalue weighted by Gasteiger charge is -2.02. The van der Waals surface area contributed by atoms with E-state index in [0.29, 0.717) is 0 Å². The van der Waals surface area contributed by atoms with E-state index in [4.69, 9.17) is 10.5 Å². The van der Waals surface area contributed by atoms with E-state index < -0.39 is 0 Å². The summed E-state index contributed by atoms with van der Waals surface area (Å²) < 4.78 is 0. The number of nitriles is 2. The van der Waals surface area contributed by atoms with Gasteiger partial charge in [-0.25, -0.2) is 0 Å². The Kier molecular flexibility index (Phi) is 2.35. The highest BCUT2D eigenvalue weighted by Crippen LogP contribution is 2.41. The second kappa shape index (κ2) is 3.68. The molecule has 0 unspecified atom stereocenters. The van der Waals surface area contributed by atoms with E-state index in [0.717, 1.165) is 27.8 Å². The van der Waals surface area contributed by atoms with Crippen molar-refractivity contribution in [2.75, 3.05) is 0 Å². The lowest BCUT2D eigenvalue weighted by atomic mass is 9.99. The summed E-state index contributed by atoms with van der Waals surface area (Å²) in [5.41, 5.74) is 5.28. The third-order valence-corrected chi connectivity index (χ3v) is 3.01. The first-order valence-corrected chi connectivity index (χ1v) is 5.02. The maximum absolute atomic E-state index is 8.96. The van der Waals surface area contributed by atoms with Crippen molar-refractivity contribution in [2.24, 2.45) is 0 Å². The van der Waals surface area contributed by atoms with Crippen LogP contribution in [-0.2, 0) is 0 Å². The summed E-state index contributed by atoms with van der Waals surface area (Å²) in [6.07, 6.45) is 0. The van der Waals surface area contributed by atoms with Gasteiger partial charge in [-0.1, -0.05) is 24.3 Å². The quantitative estimate of drug-likeness (QED) is 0.611. The lowest BCUT2D eigenvalue weighted by molar-refractivity contribution is 1.45. The molecule has 0 radical (unpaired) electrons. The van der Waals surface area contributed by atoms with Crippen molar-refractivity contribution in [3.05, 3.63) is 46.5 Å². The Morgan fingerprint density at radius 2 is 1.50 bits per heavy atom. The minimum Gasteiger partial charge on any atom is -0.192 e. The van der Waals surface area contributed by atoms with Gasteiger partial charge in [-0.05, 0) is 36.1 Å². The van der Waals surface area contributed by atoms with Crippen LogP contribution in [0.1, 0.15) is 25.0 Å². The zero-order valence-electron chi connectivity index (χ0n) is 9.20. The van der Waals surface area contributed by atoms with Crippen LogP contribution in [-0.4, -0.2) is 0 Å². The molecule has 0 aromatic heterocycles. The van der Waals surface area contributed by atoms with E-state index in [1.807, 2.05) is 50.3 Å². The molecule has 0 saturated carbocycles. The van der Waals surface area contributed by atoms with Crippen molar-refractivity contribution in [1.29, 1.82) is 10.5 Å². The van der Waals surface area contributed by atoms with Gasteiger partial charge in [-0.2, -0.15) is 10.5 Å². The van der Waals surface area contributed by atoms with Gasteiger partial charge in [0.15, 0.2) is 0 Å². The van der Waals surface area contributed by atoms with E-state index in [1.165, 1.54) is 0 Å². The molecule has 0 fully saturated rings. The highest BCUT2D eigenvalue weighted by atomic mass is 14.3. The highest BCUT2D eigenvalue weighted by molar-refractivity contribution is 6.01. The van der Waals surface area contributed by atoms with E-state index in [-0.39, 0.29) is 5.57 Å². The summed E-state index contributed by atoms with van der Waals surface area (Å²) in [6, 6.07) is 11.8. The third kappa shape index (κ3) is 1.25. The average molecular weight is 206 g/mol. The van der Waals surface area contributed by atoms with Gasteiger partial charge in [-0.15, -0.1) is 0 Å². The van der Waals surface area contributed by atoms with E-state index in [9.17, 15) is 0 Å². The summed E-state index contributed by atoms with van der Waals surface area (Å²) in [6.45, 7) is 3.98. The van der Waals surface area contributed by atoms with Crippen LogP contribution in [0.15, 0.2) is 35.4 Å². The number of benzene rings is 1. The van der Waals surface area contributed by atoms with Crippen LogP contribution in [0.3, 0.4) is 0 Å². The second-order valence-corrected chi connectivity index (χ2v) is 3.77. The Balaban J connectivity index is 2.84. The number of rotatable bonds is 0. The minimum atomic E-state index is 0.196. The van der Waals surface area contributed by atoms with Gasteiger partial charge in [0.1, 0.15) is 17.7 Å². The Labute approximate surface area is 94.8 Å². The van der Waals surface area contributed by atoms with Crippen molar-refractivity contribution in [2.45, 2.75) is 13.8 Å². The van der Waals surface area contributed by atoms with Gasteiger partial charge in [-0.3, -0.25) is 0 Å². The molecule has 0 amide bonds. The number of fused-ring (bicyclic) bond motifs is 1. The molecular weight excluding hydrogens is 196 g/mol. The molecule has 16 heavy (non-hydrogen) atoms. The van der Waals surface area contributed by atoms with Crippen LogP contribution in [0.25, 0.3) is 11.1 Å². The zero-order chi connectivity index (χ0) is 11.7. The highest BCUT2D eigenvalue weighted by Gasteiger charge is 2.23. The Morgan fingerprint density at radius 3 is 2.06 bits per heavy atom. The Morgan fingerprint density at radius 1 is 0.938 bits per heavy atom. The van der Waals surface area contributed by atoms with Gasteiger partial charge < -0.3 is 0 Å². The van der Waals surface area contributed by atoms with Gasteiger partial charge in [0.05, 0.1) is 0 Å². The number of hydrogen-bond donors (Lipinski definition) is 0. The smallest absolute Gasteiger partial charge is 0.137 e. The summed E-state index contributed by atoms with van der Waals surface area (Å²) in [5, 5.41) is 17.9. The van der Waals surface area contributed by atoms with Gasteiger partial charge >= 0.3 is 0 Å². The third-order valence-electron chi connectivity index (χ3n) is 3.01. The molecule has 1 aromatic rings.